The predicted octanol–water partition coefficient (Wildman–Crippen LogP) is 6.19. The largest absolute Gasteiger partial charge is 0.388 e. The highest BCUT2D eigenvalue weighted by molar-refractivity contribution is 6.80. The fourth-order valence-corrected chi connectivity index (χ4v) is 8.62. The Morgan fingerprint density at radius 1 is 0.704 bits per heavy atom. The van der Waals surface area contributed by atoms with Gasteiger partial charge in [0.15, 0.2) is 0 Å². The van der Waals surface area contributed by atoms with Gasteiger partial charge in [0.1, 0.15) is 0 Å². The van der Waals surface area contributed by atoms with Crippen LogP contribution in [0.5, 0.6) is 0 Å². The van der Waals surface area contributed by atoms with E-state index in [-0.39, 0.29) is 10.5 Å². The van der Waals surface area contributed by atoms with E-state index in [2.05, 4.69) is 92.4 Å². The van der Waals surface area contributed by atoms with Gasteiger partial charge >= 0.3 is 0 Å². The molecule has 0 amide bonds. The van der Waals surface area contributed by atoms with Crippen molar-refractivity contribution in [2.75, 3.05) is 0 Å². The molecule has 0 aliphatic heterocycles. The van der Waals surface area contributed by atoms with Crippen LogP contribution in [0.4, 0.5) is 0 Å². The van der Waals surface area contributed by atoms with Crippen LogP contribution in [0.3, 0.4) is 0 Å². The van der Waals surface area contributed by atoms with Crippen molar-refractivity contribution in [2.24, 2.45) is 0 Å². The molecule has 0 bridgehead atoms. The zero-order chi connectivity index (χ0) is 19.1. The minimum Gasteiger partial charge on any atom is -0.388 e. The second-order valence-corrected chi connectivity index (χ2v) is 14.2. The summed E-state index contributed by atoms with van der Waals surface area (Å²) < 4.78 is 0. The number of hydrogen-bond donors (Lipinski definition) is 1. The fraction of sp³-hybridized carbons (Fsp3) is 0.280. The molecule has 1 nitrogen and oxygen atoms in total. The number of benzene rings is 3. The maximum absolute atomic E-state index is 11.7. The lowest BCUT2D eigenvalue weighted by atomic mass is 9.83. The van der Waals surface area contributed by atoms with Crippen molar-refractivity contribution in [1.29, 1.82) is 0 Å². The summed E-state index contributed by atoms with van der Waals surface area (Å²) >= 11 is 0. The van der Waals surface area contributed by atoms with Crippen molar-refractivity contribution in [3.63, 3.8) is 0 Å². The van der Waals surface area contributed by atoms with Gasteiger partial charge in [-0.25, -0.2) is 0 Å². The van der Waals surface area contributed by atoms with E-state index in [1.54, 1.807) is 0 Å². The standard InChI is InChI=1S/C25H28OSi/c1-27(2,3)25(23(26)20-13-7-4-8-14-20)19-24(25,21-15-9-5-10-16-21)22-17-11-6-12-18-22/h4-18,23,26H,19H2,1-3H3. The van der Waals surface area contributed by atoms with Crippen LogP contribution in [-0.4, -0.2) is 13.2 Å². The summed E-state index contributed by atoms with van der Waals surface area (Å²) in [6.07, 6.45) is 0.533. The van der Waals surface area contributed by atoms with Crippen LogP contribution in [-0.2, 0) is 5.41 Å². The second-order valence-electron chi connectivity index (χ2n) is 8.85. The van der Waals surface area contributed by atoms with Crippen LogP contribution in [0.1, 0.15) is 29.2 Å². The lowest BCUT2D eigenvalue weighted by Gasteiger charge is -2.40. The Bertz CT molecular complexity index is 860. The molecule has 3 aromatic rings. The van der Waals surface area contributed by atoms with Gasteiger partial charge in [-0.2, -0.15) is 0 Å². The summed E-state index contributed by atoms with van der Waals surface area (Å²) in [5, 5.41) is 11.6. The van der Waals surface area contributed by atoms with Crippen LogP contribution in [0.15, 0.2) is 91.0 Å². The molecule has 0 spiro atoms. The van der Waals surface area contributed by atoms with Gasteiger partial charge in [0.05, 0.1) is 14.2 Å². The third kappa shape index (κ3) is 2.62. The van der Waals surface area contributed by atoms with Crippen LogP contribution in [0.25, 0.3) is 0 Å². The molecule has 0 aromatic heterocycles. The van der Waals surface area contributed by atoms with E-state index in [4.69, 9.17) is 0 Å². The van der Waals surface area contributed by atoms with E-state index >= 15 is 0 Å². The maximum Gasteiger partial charge on any atom is 0.0834 e. The first-order chi connectivity index (χ1) is 12.9. The smallest absolute Gasteiger partial charge is 0.0834 e. The summed E-state index contributed by atoms with van der Waals surface area (Å²) in [7, 11) is -1.77. The minimum atomic E-state index is -1.77. The molecule has 2 atom stereocenters. The lowest BCUT2D eigenvalue weighted by Crippen LogP contribution is -2.40. The van der Waals surface area contributed by atoms with Gasteiger partial charge in [0.25, 0.3) is 0 Å². The molecular formula is C25H28OSi. The van der Waals surface area contributed by atoms with Crippen LogP contribution >= 0.6 is 0 Å². The quantitative estimate of drug-likeness (QED) is 0.530. The minimum absolute atomic E-state index is 0.130. The summed E-state index contributed by atoms with van der Waals surface area (Å²) in [6, 6.07) is 31.9. The molecule has 1 N–H and O–H groups in total. The molecule has 1 aliphatic carbocycles. The highest BCUT2D eigenvalue weighted by atomic mass is 28.3. The van der Waals surface area contributed by atoms with Gasteiger partial charge in [-0.05, 0) is 23.1 Å². The number of hydrogen-bond acceptors (Lipinski definition) is 1. The van der Waals surface area contributed by atoms with Gasteiger partial charge in [-0.15, -0.1) is 0 Å². The van der Waals surface area contributed by atoms with E-state index < -0.39 is 14.2 Å². The van der Waals surface area contributed by atoms with Crippen molar-refractivity contribution < 1.29 is 5.11 Å². The zero-order valence-electron chi connectivity index (χ0n) is 16.4. The van der Waals surface area contributed by atoms with Crippen molar-refractivity contribution in [3.05, 3.63) is 108 Å². The van der Waals surface area contributed by atoms with Crippen molar-refractivity contribution in [3.8, 4) is 0 Å². The SMILES string of the molecule is C[Si](C)(C)C1(C(O)c2ccccc2)CC1(c1ccccc1)c1ccccc1. The Morgan fingerprint density at radius 2 is 1.11 bits per heavy atom. The maximum atomic E-state index is 11.7. The highest BCUT2D eigenvalue weighted by Crippen LogP contribution is 2.82. The molecule has 1 saturated carbocycles. The predicted molar refractivity (Wildman–Crippen MR) is 116 cm³/mol. The molecule has 2 heteroatoms. The monoisotopic (exact) mass is 372 g/mol. The third-order valence-electron chi connectivity index (χ3n) is 6.63. The Labute approximate surface area is 163 Å². The van der Waals surface area contributed by atoms with Gasteiger partial charge < -0.3 is 5.11 Å². The first-order valence-corrected chi connectivity index (χ1v) is 13.3. The topological polar surface area (TPSA) is 20.2 Å². The average molecular weight is 373 g/mol. The summed E-state index contributed by atoms with van der Waals surface area (Å²) in [4.78, 5) is 0. The average Bonchev–Trinajstić information content (AvgIpc) is 3.43. The molecular weight excluding hydrogens is 344 g/mol. The Kier molecular flexibility index (Phi) is 4.36. The molecule has 1 fully saturated rings. The normalized spacial score (nSPS) is 22.2. The molecule has 0 radical (unpaired) electrons. The van der Waals surface area contributed by atoms with Gasteiger partial charge in [-0.1, -0.05) is 111 Å². The lowest BCUT2D eigenvalue weighted by molar-refractivity contribution is 0.149. The van der Waals surface area contributed by atoms with Crippen LogP contribution < -0.4 is 0 Å². The fourth-order valence-electron chi connectivity index (χ4n) is 5.27. The number of aliphatic hydroxyl groups is 1. The van der Waals surface area contributed by atoms with Crippen molar-refractivity contribution >= 4 is 8.07 Å². The Hall–Kier alpha value is -2.16. The first kappa shape index (κ1) is 18.2. The summed E-state index contributed by atoms with van der Waals surface area (Å²) in [6.45, 7) is 7.23. The van der Waals surface area contributed by atoms with Gasteiger partial charge in [0.2, 0.25) is 0 Å². The second kappa shape index (κ2) is 6.47. The molecule has 0 saturated heterocycles. The van der Waals surface area contributed by atoms with E-state index in [1.807, 2.05) is 18.2 Å². The van der Waals surface area contributed by atoms with Crippen LogP contribution in [0.2, 0.25) is 24.7 Å². The van der Waals surface area contributed by atoms with Gasteiger partial charge in [0, 0.05) is 10.5 Å². The summed E-state index contributed by atoms with van der Waals surface area (Å²) in [5.41, 5.74) is 3.56. The van der Waals surface area contributed by atoms with E-state index in [1.165, 1.54) is 11.1 Å². The van der Waals surface area contributed by atoms with Crippen LogP contribution in [0, 0.1) is 0 Å². The van der Waals surface area contributed by atoms with E-state index in [0.29, 0.717) is 0 Å². The molecule has 2 unspecified atom stereocenters. The zero-order valence-corrected chi connectivity index (χ0v) is 17.4. The van der Waals surface area contributed by atoms with Crippen molar-refractivity contribution in [2.45, 2.75) is 42.6 Å². The van der Waals surface area contributed by atoms with Crippen molar-refractivity contribution in [1.82, 2.24) is 0 Å². The highest BCUT2D eigenvalue weighted by Gasteiger charge is 2.76. The van der Waals surface area contributed by atoms with Gasteiger partial charge in [-0.3, -0.25) is 0 Å². The molecule has 27 heavy (non-hydrogen) atoms. The van der Waals surface area contributed by atoms with E-state index in [0.717, 1.165) is 12.0 Å². The third-order valence-corrected chi connectivity index (χ3v) is 10.2. The number of rotatable bonds is 5. The summed E-state index contributed by atoms with van der Waals surface area (Å²) in [5.74, 6) is 0. The van der Waals surface area contributed by atoms with E-state index in [9.17, 15) is 5.11 Å². The molecule has 0 heterocycles. The Morgan fingerprint density at radius 3 is 1.52 bits per heavy atom. The molecule has 138 valence electrons. The Balaban J connectivity index is 1.95. The molecule has 4 rings (SSSR count). The number of aliphatic hydroxyl groups excluding tert-OH is 1. The molecule has 3 aromatic carbocycles. The first-order valence-electron chi connectivity index (χ1n) is 9.77. The molecule has 1 aliphatic rings.